The third-order valence-corrected chi connectivity index (χ3v) is 6.89. The number of carbonyl (C=O) groups excluding carboxylic acids is 2. The lowest BCUT2D eigenvalue weighted by molar-refractivity contribution is -0.137. The Morgan fingerprint density at radius 1 is 1.03 bits per heavy atom. The smallest absolute Gasteiger partial charge is 0.251 e. The van der Waals surface area contributed by atoms with Crippen LogP contribution >= 0.6 is 23.2 Å². The number of nitrogens with zero attached hydrogens (tertiary/aromatic N) is 1. The van der Waals surface area contributed by atoms with Crippen molar-refractivity contribution < 1.29 is 18.7 Å². The summed E-state index contributed by atoms with van der Waals surface area (Å²) in [5, 5.41) is 7.38. The summed E-state index contributed by atoms with van der Waals surface area (Å²) in [6, 6.07) is 10.3. The van der Waals surface area contributed by atoms with Crippen LogP contribution in [0.4, 0.5) is 4.39 Å². The van der Waals surface area contributed by atoms with Crippen LogP contribution in [0.1, 0.15) is 41.6 Å². The van der Waals surface area contributed by atoms with Gasteiger partial charge in [-0.2, -0.15) is 0 Å². The minimum absolute atomic E-state index is 0.108. The van der Waals surface area contributed by atoms with Crippen LogP contribution in [0.5, 0.6) is 0 Å². The Hall–Kier alpha value is -2.61. The molecular formula is C26H28Cl2FN3O3. The summed E-state index contributed by atoms with van der Waals surface area (Å²) in [6.45, 7) is 2.77. The van der Waals surface area contributed by atoms with Crippen molar-refractivity contribution in [1.29, 1.82) is 0 Å². The lowest BCUT2D eigenvalue weighted by atomic mass is 10.1. The molecule has 0 saturated carbocycles. The number of halogens is 3. The predicted molar refractivity (Wildman–Crippen MR) is 135 cm³/mol. The summed E-state index contributed by atoms with van der Waals surface area (Å²) in [4.78, 5) is 27.5. The fraction of sp³-hybridized carbons (Fsp3) is 0.385. The molecule has 2 amide bonds. The van der Waals surface area contributed by atoms with Crippen molar-refractivity contribution >= 4 is 40.6 Å². The number of rotatable bonds is 10. The molecule has 6 nitrogen and oxygen atoms in total. The number of nitrogens with one attached hydrogen (secondary N) is 2. The number of ether oxygens (including phenoxy) is 1. The molecule has 1 aliphatic carbocycles. The molecule has 0 spiro atoms. The molecule has 1 heterocycles. The van der Waals surface area contributed by atoms with Crippen LogP contribution in [0.25, 0.3) is 5.57 Å². The molecule has 2 aliphatic rings. The van der Waals surface area contributed by atoms with Gasteiger partial charge in [-0.1, -0.05) is 29.3 Å². The Morgan fingerprint density at radius 2 is 1.77 bits per heavy atom. The molecule has 35 heavy (non-hydrogen) atoms. The second-order valence-electron chi connectivity index (χ2n) is 8.66. The monoisotopic (exact) mass is 519 g/mol. The first-order valence-corrected chi connectivity index (χ1v) is 12.5. The SMILES string of the molecule is O=C(N[C@@H](CCCCNC1=C(c2ccc(Cl)c(Cl)c2)C1)C(=O)N1CCOCC1)c1ccc(F)cc1. The molecule has 1 saturated heterocycles. The van der Waals surface area contributed by atoms with Crippen LogP contribution in [0.3, 0.4) is 0 Å². The molecule has 0 bridgehead atoms. The molecule has 0 unspecified atom stereocenters. The van der Waals surface area contributed by atoms with E-state index in [0.717, 1.165) is 31.4 Å². The van der Waals surface area contributed by atoms with Gasteiger partial charge in [-0.25, -0.2) is 4.39 Å². The van der Waals surface area contributed by atoms with Crippen LogP contribution in [0.15, 0.2) is 48.2 Å². The zero-order valence-electron chi connectivity index (χ0n) is 19.3. The summed E-state index contributed by atoms with van der Waals surface area (Å²) in [5.41, 5.74) is 3.81. The zero-order valence-corrected chi connectivity index (χ0v) is 20.8. The first kappa shape index (κ1) is 25.5. The van der Waals surface area contributed by atoms with E-state index in [-0.39, 0.29) is 11.8 Å². The van der Waals surface area contributed by atoms with Crippen molar-refractivity contribution in [2.24, 2.45) is 0 Å². The number of unbranched alkanes of at least 4 members (excludes halogenated alkanes) is 1. The molecule has 186 valence electrons. The van der Waals surface area contributed by atoms with E-state index in [9.17, 15) is 14.0 Å². The summed E-state index contributed by atoms with van der Waals surface area (Å²) in [6.07, 6.45) is 3.01. The maximum absolute atomic E-state index is 13.2. The van der Waals surface area contributed by atoms with Gasteiger partial charge in [-0.3, -0.25) is 9.59 Å². The Kier molecular flexibility index (Phi) is 8.65. The minimum Gasteiger partial charge on any atom is -0.388 e. The summed E-state index contributed by atoms with van der Waals surface area (Å²) in [5.74, 6) is -0.907. The zero-order chi connectivity index (χ0) is 24.8. The highest BCUT2D eigenvalue weighted by atomic mass is 35.5. The van der Waals surface area contributed by atoms with E-state index in [2.05, 4.69) is 10.6 Å². The molecule has 1 atom stereocenters. The maximum atomic E-state index is 13.2. The number of amides is 2. The van der Waals surface area contributed by atoms with Crippen molar-refractivity contribution in [2.45, 2.75) is 31.7 Å². The number of hydrogen-bond donors (Lipinski definition) is 2. The van der Waals surface area contributed by atoms with Gasteiger partial charge in [0.2, 0.25) is 5.91 Å². The minimum atomic E-state index is -0.641. The largest absolute Gasteiger partial charge is 0.388 e. The molecule has 2 N–H and O–H groups in total. The lowest BCUT2D eigenvalue weighted by Gasteiger charge is -2.30. The van der Waals surface area contributed by atoms with E-state index in [1.807, 2.05) is 12.1 Å². The highest BCUT2D eigenvalue weighted by molar-refractivity contribution is 6.42. The fourth-order valence-corrected chi connectivity index (χ4v) is 4.38. The van der Waals surface area contributed by atoms with E-state index >= 15 is 0 Å². The van der Waals surface area contributed by atoms with Crippen LogP contribution in [-0.4, -0.2) is 55.6 Å². The molecule has 1 aliphatic heterocycles. The van der Waals surface area contributed by atoms with Gasteiger partial charge in [0, 0.05) is 37.3 Å². The van der Waals surface area contributed by atoms with Crippen molar-refractivity contribution in [2.75, 3.05) is 32.8 Å². The molecule has 2 aromatic carbocycles. The normalized spacial score (nSPS) is 16.1. The Bertz CT molecular complexity index is 1100. The highest BCUT2D eigenvalue weighted by Gasteiger charge is 2.27. The first-order chi connectivity index (χ1) is 16.9. The van der Waals surface area contributed by atoms with Gasteiger partial charge in [0.15, 0.2) is 0 Å². The number of allylic oxidation sites excluding steroid dienone is 2. The van der Waals surface area contributed by atoms with Gasteiger partial charge in [0.05, 0.1) is 23.3 Å². The van der Waals surface area contributed by atoms with Crippen LogP contribution in [0.2, 0.25) is 10.0 Å². The van der Waals surface area contributed by atoms with Gasteiger partial charge in [-0.15, -0.1) is 0 Å². The van der Waals surface area contributed by atoms with Gasteiger partial charge >= 0.3 is 0 Å². The first-order valence-electron chi connectivity index (χ1n) is 11.8. The Morgan fingerprint density at radius 3 is 2.49 bits per heavy atom. The lowest BCUT2D eigenvalue weighted by Crippen LogP contribution is -2.51. The van der Waals surface area contributed by atoms with Crippen molar-refractivity contribution in [1.82, 2.24) is 15.5 Å². The molecule has 9 heteroatoms. The average molecular weight is 520 g/mol. The van der Waals surface area contributed by atoms with E-state index in [0.29, 0.717) is 48.3 Å². The number of benzene rings is 2. The Labute approximate surface area is 214 Å². The second-order valence-corrected chi connectivity index (χ2v) is 9.47. The predicted octanol–water partition coefficient (Wildman–Crippen LogP) is 4.66. The maximum Gasteiger partial charge on any atom is 0.251 e. The van der Waals surface area contributed by atoms with Gasteiger partial charge in [-0.05, 0) is 66.8 Å². The molecule has 0 radical (unpaired) electrons. The average Bonchev–Trinajstić information content (AvgIpc) is 3.64. The molecule has 1 fully saturated rings. The van der Waals surface area contributed by atoms with E-state index < -0.39 is 11.9 Å². The number of hydrogen-bond acceptors (Lipinski definition) is 4. The standard InChI is InChI=1S/C26H28Cl2FN3O3/c27-21-9-6-18(15-22(21)28)20-16-24(20)30-10-2-1-3-23(26(34)32-11-13-35-14-12-32)31-25(33)17-4-7-19(29)8-5-17/h4-9,15,23,30H,1-3,10-14,16H2,(H,31,33)/t23-/m0/s1. The fourth-order valence-electron chi connectivity index (χ4n) is 4.08. The summed E-state index contributed by atoms with van der Waals surface area (Å²) < 4.78 is 18.6. The second kappa shape index (κ2) is 11.9. The van der Waals surface area contributed by atoms with E-state index in [1.54, 1.807) is 11.0 Å². The van der Waals surface area contributed by atoms with Crippen LogP contribution < -0.4 is 10.6 Å². The molecule has 0 aromatic heterocycles. The van der Waals surface area contributed by atoms with Gasteiger partial charge in [0.25, 0.3) is 5.91 Å². The summed E-state index contributed by atoms with van der Waals surface area (Å²) >= 11 is 12.1. The topological polar surface area (TPSA) is 70.7 Å². The van der Waals surface area contributed by atoms with Crippen molar-refractivity contribution in [3.05, 3.63) is 75.2 Å². The number of morpholine rings is 1. The van der Waals surface area contributed by atoms with Crippen molar-refractivity contribution in [3.63, 3.8) is 0 Å². The Balaban J connectivity index is 1.29. The van der Waals surface area contributed by atoms with E-state index in [1.165, 1.54) is 35.5 Å². The highest BCUT2D eigenvalue weighted by Crippen LogP contribution is 2.39. The van der Waals surface area contributed by atoms with Gasteiger partial charge < -0.3 is 20.3 Å². The third kappa shape index (κ3) is 6.97. The number of carbonyl (C=O) groups is 2. The van der Waals surface area contributed by atoms with E-state index in [4.69, 9.17) is 27.9 Å². The molecule has 4 rings (SSSR count). The third-order valence-electron chi connectivity index (χ3n) is 6.15. The van der Waals surface area contributed by atoms with Crippen molar-refractivity contribution in [3.8, 4) is 0 Å². The van der Waals surface area contributed by atoms with Gasteiger partial charge in [0.1, 0.15) is 11.9 Å². The molecular weight excluding hydrogens is 492 g/mol. The quantitative estimate of drug-likeness (QED) is 0.447. The summed E-state index contributed by atoms with van der Waals surface area (Å²) in [7, 11) is 0. The molecule has 2 aromatic rings. The van der Waals surface area contributed by atoms with Crippen LogP contribution in [-0.2, 0) is 9.53 Å². The van der Waals surface area contributed by atoms with Crippen LogP contribution in [0, 0.1) is 5.82 Å².